The number of pyridine rings is 1. The van der Waals surface area contributed by atoms with Gasteiger partial charge in [-0.15, -0.1) is 0 Å². The van der Waals surface area contributed by atoms with Crippen molar-refractivity contribution in [1.82, 2.24) is 0 Å². The standard InChI is InChI=1S/C24H26N/c1-14(2)10-17-6-5-7-22-20(17)12-18-8-9-19-15(3)11-16(4)21-13-25(22)24(18)23(19)21/h5-7,11-12,14H,8-10,13H2,1-4H3/q+1. The lowest BCUT2D eigenvalue weighted by atomic mass is 9.83. The van der Waals surface area contributed by atoms with Gasteiger partial charge >= 0.3 is 0 Å². The summed E-state index contributed by atoms with van der Waals surface area (Å²) in [6, 6.07) is 11.8. The molecule has 1 nitrogen and oxygen atoms in total. The van der Waals surface area contributed by atoms with Gasteiger partial charge in [-0.05, 0) is 67.3 Å². The van der Waals surface area contributed by atoms with E-state index in [1.54, 1.807) is 22.3 Å². The third kappa shape index (κ3) is 2.05. The number of nitrogens with zero attached hydrogens (tertiary/aromatic N) is 1. The summed E-state index contributed by atoms with van der Waals surface area (Å²) < 4.78 is 2.61. The minimum atomic E-state index is 0.689. The monoisotopic (exact) mass is 328 g/mol. The molecule has 126 valence electrons. The number of hydrogen-bond acceptors (Lipinski definition) is 0. The summed E-state index contributed by atoms with van der Waals surface area (Å²) in [5.41, 5.74) is 13.6. The third-order valence-electron chi connectivity index (χ3n) is 6.17. The molecule has 0 saturated carbocycles. The summed E-state index contributed by atoms with van der Waals surface area (Å²) in [7, 11) is 0. The molecule has 0 fully saturated rings. The highest BCUT2D eigenvalue weighted by Gasteiger charge is 2.38. The van der Waals surface area contributed by atoms with Gasteiger partial charge in [-0.1, -0.05) is 32.0 Å². The Morgan fingerprint density at radius 2 is 1.80 bits per heavy atom. The van der Waals surface area contributed by atoms with E-state index in [9.17, 15) is 0 Å². The predicted molar refractivity (Wildman–Crippen MR) is 104 cm³/mol. The van der Waals surface area contributed by atoms with Crippen LogP contribution in [-0.2, 0) is 25.8 Å². The lowest BCUT2D eigenvalue weighted by Crippen LogP contribution is -2.35. The number of aromatic nitrogens is 1. The van der Waals surface area contributed by atoms with Crippen LogP contribution in [0.3, 0.4) is 0 Å². The molecule has 0 atom stereocenters. The molecule has 2 aromatic carbocycles. The summed E-state index contributed by atoms with van der Waals surface area (Å²) in [4.78, 5) is 0. The zero-order valence-electron chi connectivity index (χ0n) is 15.7. The molecule has 1 aliphatic heterocycles. The smallest absolute Gasteiger partial charge is 0.187 e. The summed E-state index contributed by atoms with van der Waals surface area (Å²) in [5.74, 6) is 0.689. The van der Waals surface area contributed by atoms with Gasteiger partial charge in [-0.3, -0.25) is 0 Å². The second kappa shape index (κ2) is 5.17. The number of aryl methyl sites for hydroxylation is 3. The van der Waals surface area contributed by atoms with E-state index in [4.69, 9.17) is 0 Å². The lowest BCUT2D eigenvalue weighted by Gasteiger charge is -2.18. The van der Waals surface area contributed by atoms with Crippen molar-refractivity contribution in [3.63, 3.8) is 0 Å². The second-order valence-electron chi connectivity index (χ2n) is 8.39. The summed E-state index contributed by atoms with van der Waals surface area (Å²) in [5, 5.41) is 1.47. The maximum absolute atomic E-state index is 2.61. The van der Waals surface area contributed by atoms with Crippen LogP contribution < -0.4 is 4.57 Å². The van der Waals surface area contributed by atoms with Crippen LogP contribution in [0.5, 0.6) is 0 Å². The normalized spacial score (nSPS) is 14.4. The van der Waals surface area contributed by atoms with Gasteiger partial charge in [-0.25, -0.2) is 0 Å². The number of benzene rings is 2. The Morgan fingerprint density at radius 1 is 1.00 bits per heavy atom. The first-order valence-corrected chi connectivity index (χ1v) is 9.64. The van der Waals surface area contributed by atoms with Crippen LogP contribution in [-0.4, -0.2) is 0 Å². The fourth-order valence-corrected chi connectivity index (χ4v) is 5.11. The largest absolute Gasteiger partial charge is 0.217 e. The highest BCUT2D eigenvalue weighted by Crippen LogP contribution is 2.42. The fourth-order valence-electron chi connectivity index (χ4n) is 5.11. The number of fused-ring (bicyclic) bond motifs is 2. The Hall–Kier alpha value is -2.15. The maximum atomic E-state index is 2.61. The van der Waals surface area contributed by atoms with Crippen LogP contribution in [0.15, 0.2) is 30.3 Å². The molecule has 2 aliphatic rings. The zero-order valence-corrected chi connectivity index (χ0v) is 15.7. The van der Waals surface area contributed by atoms with Crippen molar-refractivity contribution in [2.75, 3.05) is 0 Å². The zero-order chi connectivity index (χ0) is 17.3. The molecule has 0 amide bonds. The van der Waals surface area contributed by atoms with Crippen molar-refractivity contribution in [3.8, 4) is 11.3 Å². The predicted octanol–water partition coefficient (Wildman–Crippen LogP) is 5.07. The first kappa shape index (κ1) is 15.1. The Bertz CT molecular complexity index is 1040. The van der Waals surface area contributed by atoms with E-state index in [-0.39, 0.29) is 0 Å². The van der Waals surface area contributed by atoms with Crippen LogP contribution in [0.2, 0.25) is 0 Å². The maximum Gasteiger partial charge on any atom is 0.217 e. The highest BCUT2D eigenvalue weighted by molar-refractivity contribution is 5.86. The molecule has 25 heavy (non-hydrogen) atoms. The molecule has 2 heterocycles. The molecule has 0 spiro atoms. The Balaban J connectivity index is 1.85. The average molecular weight is 328 g/mol. The number of hydrogen-bond donors (Lipinski definition) is 0. The van der Waals surface area contributed by atoms with Gasteiger partial charge in [0.25, 0.3) is 0 Å². The summed E-state index contributed by atoms with van der Waals surface area (Å²) in [6.45, 7) is 10.3. The van der Waals surface area contributed by atoms with Crippen LogP contribution in [0, 0.1) is 19.8 Å². The molecular formula is C24H26N+. The van der Waals surface area contributed by atoms with E-state index in [0.29, 0.717) is 5.92 Å². The molecule has 0 saturated heterocycles. The molecule has 0 bridgehead atoms. The topological polar surface area (TPSA) is 3.88 Å². The van der Waals surface area contributed by atoms with E-state index in [2.05, 4.69) is 62.6 Å². The number of rotatable bonds is 2. The third-order valence-corrected chi connectivity index (χ3v) is 6.17. The van der Waals surface area contributed by atoms with Crippen molar-refractivity contribution in [2.45, 2.75) is 53.5 Å². The minimum absolute atomic E-state index is 0.689. The minimum Gasteiger partial charge on any atom is -0.187 e. The van der Waals surface area contributed by atoms with E-state index in [1.807, 2.05) is 0 Å². The van der Waals surface area contributed by atoms with Gasteiger partial charge in [0.2, 0.25) is 11.2 Å². The van der Waals surface area contributed by atoms with Crippen molar-refractivity contribution >= 4 is 10.9 Å². The molecule has 0 unspecified atom stereocenters. The summed E-state index contributed by atoms with van der Waals surface area (Å²) >= 11 is 0. The molecule has 1 heteroatoms. The molecule has 5 rings (SSSR count). The van der Waals surface area contributed by atoms with Gasteiger partial charge in [-0.2, -0.15) is 4.57 Å². The van der Waals surface area contributed by atoms with E-state index in [0.717, 1.165) is 13.0 Å². The fraction of sp³-hybridized carbons (Fsp3) is 0.375. The van der Waals surface area contributed by atoms with Gasteiger partial charge in [0.05, 0.1) is 5.56 Å². The van der Waals surface area contributed by atoms with Crippen molar-refractivity contribution in [3.05, 3.63) is 63.7 Å². The van der Waals surface area contributed by atoms with Gasteiger partial charge < -0.3 is 0 Å². The molecule has 1 aromatic heterocycles. The quantitative estimate of drug-likeness (QED) is 0.452. The van der Waals surface area contributed by atoms with Crippen LogP contribution in [0.4, 0.5) is 0 Å². The first-order valence-electron chi connectivity index (χ1n) is 9.64. The molecule has 1 aliphatic carbocycles. The van der Waals surface area contributed by atoms with Gasteiger partial charge in [0, 0.05) is 22.6 Å². The van der Waals surface area contributed by atoms with E-state index in [1.165, 1.54) is 46.1 Å². The SMILES string of the molecule is Cc1cc(C)c2c3c1CCc1cc4c(CC(C)C)cccc4[n+](c1-3)C2. The average Bonchev–Trinajstić information content (AvgIpc) is 2.97. The van der Waals surface area contributed by atoms with E-state index >= 15 is 0 Å². The Kier molecular flexibility index (Phi) is 3.13. The van der Waals surface area contributed by atoms with Gasteiger partial charge in [0.15, 0.2) is 6.54 Å². The van der Waals surface area contributed by atoms with Gasteiger partial charge in [0.1, 0.15) is 0 Å². The molecule has 3 aromatic rings. The lowest BCUT2D eigenvalue weighted by molar-refractivity contribution is -0.646. The molecular weight excluding hydrogens is 302 g/mol. The highest BCUT2D eigenvalue weighted by atomic mass is 15.0. The molecule has 0 N–H and O–H groups in total. The van der Waals surface area contributed by atoms with E-state index < -0.39 is 0 Å². The Labute approximate surface area is 150 Å². The molecule has 0 radical (unpaired) electrons. The van der Waals surface area contributed by atoms with Crippen molar-refractivity contribution in [1.29, 1.82) is 0 Å². The van der Waals surface area contributed by atoms with Crippen LogP contribution >= 0.6 is 0 Å². The summed E-state index contributed by atoms with van der Waals surface area (Å²) in [6.07, 6.45) is 3.53. The van der Waals surface area contributed by atoms with Crippen LogP contribution in [0.1, 0.15) is 47.2 Å². The van der Waals surface area contributed by atoms with Crippen LogP contribution in [0.25, 0.3) is 22.2 Å². The second-order valence-corrected chi connectivity index (χ2v) is 8.39. The van der Waals surface area contributed by atoms with Crippen molar-refractivity contribution < 1.29 is 4.57 Å². The van der Waals surface area contributed by atoms with Crippen molar-refractivity contribution in [2.24, 2.45) is 5.92 Å². The Morgan fingerprint density at radius 3 is 2.60 bits per heavy atom. The first-order chi connectivity index (χ1) is 12.0.